The molecule has 0 unspecified atom stereocenters. The number of aryl methyl sites for hydroxylation is 1. The first kappa shape index (κ1) is 10.8. The molecule has 78 valence electrons. The molecule has 0 bridgehead atoms. The summed E-state index contributed by atoms with van der Waals surface area (Å²) in [5, 5.41) is 0.406. The summed E-state index contributed by atoms with van der Waals surface area (Å²) in [7, 11) is 0. The summed E-state index contributed by atoms with van der Waals surface area (Å²) in [6.07, 6.45) is 1.48. The number of halogens is 4. The second-order valence-electron chi connectivity index (χ2n) is 3.13. The van der Waals surface area contributed by atoms with Crippen LogP contribution in [-0.4, -0.2) is 4.98 Å². The minimum absolute atomic E-state index is 0.126. The molecule has 0 amide bonds. The fourth-order valence-electron chi connectivity index (χ4n) is 1.33. The van der Waals surface area contributed by atoms with Crippen LogP contribution >= 0.6 is 27.5 Å². The molecule has 1 aromatic heterocycles. The van der Waals surface area contributed by atoms with Gasteiger partial charge in [0.15, 0.2) is 0 Å². The molecule has 0 saturated heterocycles. The van der Waals surface area contributed by atoms with E-state index in [9.17, 15) is 8.78 Å². The molecular weight excluding hydrogens is 287 g/mol. The first-order valence-electron chi connectivity index (χ1n) is 4.10. The van der Waals surface area contributed by atoms with Crippen LogP contribution in [0.25, 0.3) is 10.9 Å². The predicted octanol–water partition coefficient (Wildman–Crippen LogP) is 4.24. The molecule has 0 atom stereocenters. The van der Waals surface area contributed by atoms with Crippen LogP contribution < -0.4 is 0 Å². The summed E-state index contributed by atoms with van der Waals surface area (Å²) >= 11 is 8.94. The van der Waals surface area contributed by atoms with Gasteiger partial charge in [-0.25, -0.2) is 8.78 Å². The number of hydrogen-bond acceptors (Lipinski definition) is 1. The van der Waals surface area contributed by atoms with E-state index in [0.717, 1.165) is 6.07 Å². The summed E-state index contributed by atoms with van der Waals surface area (Å²) in [6, 6.07) is 0.791. The van der Waals surface area contributed by atoms with Gasteiger partial charge in [-0.1, -0.05) is 11.6 Å². The maximum absolute atomic E-state index is 13.5. The smallest absolute Gasteiger partial charge is 0.142 e. The largest absolute Gasteiger partial charge is 0.254 e. The first-order chi connectivity index (χ1) is 7.02. The summed E-state index contributed by atoms with van der Waals surface area (Å²) in [6.45, 7) is 1.71. The van der Waals surface area contributed by atoms with E-state index in [2.05, 4.69) is 20.9 Å². The third-order valence-electron chi connectivity index (χ3n) is 2.10. The van der Waals surface area contributed by atoms with Crippen LogP contribution in [0.1, 0.15) is 5.56 Å². The van der Waals surface area contributed by atoms with Crippen molar-refractivity contribution in [1.82, 2.24) is 4.98 Å². The Hall–Kier alpha value is -0.740. The second kappa shape index (κ2) is 3.68. The molecule has 15 heavy (non-hydrogen) atoms. The van der Waals surface area contributed by atoms with Gasteiger partial charge in [0.05, 0.1) is 20.4 Å². The predicted molar refractivity (Wildman–Crippen MR) is 59.1 cm³/mol. The number of rotatable bonds is 0. The van der Waals surface area contributed by atoms with Gasteiger partial charge in [-0.15, -0.1) is 0 Å². The lowest BCUT2D eigenvalue weighted by atomic mass is 10.1. The zero-order valence-electron chi connectivity index (χ0n) is 7.61. The molecule has 1 nitrogen and oxygen atoms in total. The summed E-state index contributed by atoms with van der Waals surface area (Å²) < 4.78 is 26.8. The highest BCUT2D eigenvalue weighted by molar-refractivity contribution is 9.10. The van der Waals surface area contributed by atoms with Crippen molar-refractivity contribution in [3.05, 3.63) is 39.0 Å². The van der Waals surface area contributed by atoms with Crippen molar-refractivity contribution in [2.24, 2.45) is 0 Å². The van der Waals surface area contributed by atoms with Crippen LogP contribution in [0.4, 0.5) is 8.78 Å². The molecule has 0 radical (unpaired) electrons. The Bertz CT molecular complexity index is 557. The Morgan fingerprint density at radius 1 is 1.33 bits per heavy atom. The number of fused-ring (bicyclic) bond motifs is 1. The normalized spacial score (nSPS) is 11.0. The Kier molecular flexibility index (Phi) is 2.64. The number of hydrogen-bond donors (Lipinski definition) is 0. The molecule has 1 aromatic carbocycles. The molecule has 2 rings (SSSR count). The number of benzene rings is 1. The summed E-state index contributed by atoms with van der Waals surface area (Å²) in [5.41, 5.74) is 0.852. The van der Waals surface area contributed by atoms with Crippen molar-refractivity contribution in [3.63, 3.8) is 0 Å². The van der Waals surface area contributed by atoms with Gasteiger partial charge in [0, 0.05) is 12.3 Å². The molecule has 0 aliphatic heterocycles. The Morgan fingerprint density at radius 2 is 2.00 bits per heavy atom. The Labute approximate surface area is 98.2 Å². The highest BCUT2D eigenvalue weighted by Crippen LogP contribution is 2.33. The van der Waals surface area contributed by atoms with Crippen LogP contribution in [-0.2, 0) is 0 Å². The Morgan fingerprint density at radius 3 is 2.67 bits per heavy atom. The van der Waals surface area contributed by atoms with Gasteiger partial charge in [0.2, 0.25) is 0 Å². The third-order valence-corrected chi connectivity index (χ3v) is 3.34. The zero-order chi connectivity index (χ0) is 11.2. The lowest BCUT2D eigenvalue weighted by molar-refractivity contribution is 0.587. The summed E-state index contributed by atoms with van der Waals surface area (Å²) in [5.74, 6) is -1.39. The highest BCUT2D eigenvalue weighted by Gasteiger charge is 2.15. The molecule has 0 saturated carbocycles. The van der Waals surface area contributed by atoms with Crippen molar-refractivity contribution in [3.8, 4) is 0 Å². The average molecular weight is 293 g/mol. The average Bonchev–Trinajstić information content (AvgIpc) is 2.18. The number of pyridine rings is 1. The van der Waals surface area contributed by atoms with Gasteiger partial charge < -0.3 is 0 Å². The van der Waals surface area contributed by atoms with Crippen molar-refractivity contribution in [1.29, 1.82) is 0 Å². The zero-order valence-corrected chi connectivity index (χ0v) is 9.96. The van der Waals surface area contributed by atoms with Crippen molar-refractivity contribution in [2.45, 2.75) is 6.92 Å². The molecular formula is C10H5BrClF2N. The lowest BCUT2D eigenvalue weighted by Crippen LogP contribution is -1.92. The van der Waals surface area contributed by atoms with Gasteiger partial charge >= 0.3 is 0 Å². The molecule has 0 spiro atoms. The number of nitrogens with zero attached hydrogens (tertiary/aromatic N) is 1. The van der Waals surface area contributed by atoms with Crippen molar-refractivity contribution in [2.75, 3.05) is 0 Å². The van der Waals surface area contributed by atoms with E-state index in [1.165, 1.54) is 6.20 Å². The van der Waals surface area contributed by atoms with Crippen LogP contribution in [0.2, 0.25) is 5.02 Å². The molecule has 0 fully saturated rings. The van der Waals surface area contributed by atoms with E-state index in [0.29, 0.717) is 5.56 Å². The van der Waals surface area contributed by atoms with E-state index >= 15 is 0 Å². The lowest BCUT2D eigenvalue weighted by Gasteiger charge is -2.06. The number of aromatic nitrogens is 1. The third kappa shape index (κ3) is 1.62. The minimum Gasteiger partial charge on any atom is -0.254 e. The fourth-order valence-corrected chi connectivity index (χ4v) is 1.97. The van der Waals surface area contributed by atoms with Crippen molar-refractivity contribution < 1.29 is 8.78 Å². The van der Waals surface area contributed by atoms with E-state index in [4.69, 9.17) is 11.6 Å². The summed E-state index contributed by atoms with van der Waals surface area (Å²) in [4.78, 5) is 3.95. The van der Waals surface area contributed by atoms with E-state index < -0.39 is 11.6 Å². The molecule has 0 N–H and O–H groups in total. The van der Waals surface area contributed by atoms with Gasteiger partial charge in [0.1, 0.15) is 11.6 Å². The van der Waals surface area contributed by atoms with Crippen molar-refractivity contribution >= 4 is 38.4 Å². The van der Waals surface area contributed by atoms with Crippen LogP contribution in [0.15, 0.2) is 16.7 Å². The molecule has 0 aliphatic rings. The van der Waals surface area contributed by atoms with E-state index in [1.807, 2.05) is 0 Å². The highest BCUT2D eigenvalue weighted by atomic mass is 79.9. The molecule has 2 aromatic rings. The topological polar surface area (TPSA) is 12.9 Å². The van der Waals surface area contributed by atoms with Crippen LogP contribution in [0, 0.1) is 18.6 Å². The van der Waals surface area contributed by atoms with E-state index in [-0.39, 0.29) is 20.4 Å². The van der Waals surface area contributed by atoms with Gasteiger partial charge in [-0.3, -0.25) is 4.98 Å². The monoisotopic (exact) mass is 291 g/mol. The SMILES string of the molecule is Cc1cnc2c(Br)c(F)cc(F)c2c1Cl. The maximum atomic E-state index is 13.5. The van der Waals surface area contributed by atoms with Crippen LogP contribution in [0.5, 0.6) is 0 Å². The molecule has 0 aliphatic carbocycles. The Balaban J connectivity index is 3.03. The van der Waals surface area contributed by atoms with Gasteiger partial charge in [0.25, 0.3) is 0 Å². The molecule has 5 heteroatoms. The molecule has 1 heterocycles. The second-order valence-corrected chi connectivity index (χ2v) is 4.30. The maximum Gasteiger partial charge on any atom is 0.142 e. The first-order valence-corrected chi connectivity index (χ1v) is 5.27. The van der Waals surface area contributed by atoms with Crippen LogP contribution in [0.3, 0.4) is 0 Å². The minimum atomic E-state index is -0.702. The van der Waals surface area contributed by atoms with E-state index in [1.54, 1.807) is 6.92 Å². The quantitative estimate of drug-likeness (QED) is 0.662. The standard InChI is InChI=1S/C10H5BrClF2N/c1-4-3-15-10-7(9(4)12)5(13)2-6(14)8(10)11/h2-3H,1H3. The van der Waals surface area contributed by atoms with Gasteiger partial charge in [-0.05, 0) is 28.4 Å². The fraction of sp³-hybridized carbons (Fsp3) is 0.100. The van der Waals surface area contributed by atoms with Gasteiger partial charge in [-0.2, -0.15) is 0 Å².